The molecule has 0 saturated heterocycles. The summed E-state index contributed by atoms with van der Waals surface area (Å²) in [6.07, 6.45) is -2.93. The lowest BCUT2D eigenvalue weighted by molar-refractivity contribution is -0.137. The Bertz CT molecular complexity index is 1220. The Labute approximate surface area is 180 Å². The van der Waals surface area contributed by atoms with Gasteiger partial charge in [-0.25, -0.2) is 15.0 Å². The molecule has 1 aliphatic rings. The van der Waals surface area contributed by atoms with Gasteiger partial charge in [0.15, 0.2) is 11.5 Å². The third-order valence-electron chi connectivity index (χ3n) is 5.28. The summed E-state index contributed by atoms with van der Waals surface area (Å²) in [7, 11) is 0. The summed E-state index contributed by atoms with van der Waals surface area (Å²) in [6, 6.07) is 5.07. The molecule has 8 nitrogen and oxygen atoms in total. The molecule has 2 aromatic heterocycles. The Morgan fingerprint density at radius 2 is 2.03 bits per heavy atom. The molecule has 32 heavy (non-hydrogen) atoms. The van der Waals surface area contributed by atoms with Gasteiger partial charge in [0, 0.05) is 36.9 Å². The maximum atomic E-state index is 12.9. The van der Waals surface area contributed by atoms with Gasteiger partial charge in [-0.05, 0) is 23.8 Å². The topological polar surface area (TPSA) is 133 Å². The number of aliphatic imine (C=N–C) groups is 1. The van der Waals surface area contributed by atoms with Gasteiger partial charge in [-0.3, -0.25) is 4.79 Å². The summed E-state index contributed by atoms with van der Waals surface area (Å²) >= 11 is 0. The summed E-state index contributed by atoms with van der Waals surface area (Å²) in [5, 5.41) is 4.02. The van der Waals surface area contributed by atoms with Crippen LogP contribution in [0.25, 0.3) is 0 Å². The number of carbonyl (C=O) groups is 1. The van der Waals surface area contributed by atoms with Gasteiger partial charge in [0.05, 0.1) is 22.7 Å². The van der Waals surface area contributed by atoms with E-state index in [0.717, 1.165) is 12.1 Å². The molecular weight excluding hydrogens is 425 g/mol. The van der Waals surface area contributed by atoms with Gasteiger partial charge in [-0.15, -0.1) is 0 Å². The van der Waals surface area contributed by atoms with E-state index in [1.165, 1.54) is 12.4 Å². The standard InChI is InChI=1S/C21H19F3N6O2/c1-10(4-17(31)19-13(8-25)20(26)28-9-27-19)15-7-18(32-30-15)16-6-11-5-12(21(22,23)24)2-3-14(11)29-16/h2-3,5,7,9-10H,4,6,8,25H2,1H3,(H2,26,27,28)/t10-/m1/s1. The average molecular weight is 444 g/mol. The Hall–Kier alpha value is -3.60. The molecular formula is C21H19F3N6O2. The van der Waals surface area contributed by atoms with Crippen LogP contribution >= 0.6 is 0 Å². The highest BCUT2D eigenvalue weighted by Crippen LogP contribution is 2.36. The van der Waals surface area contributed by atoms with Crippen LogP contribution in [0.3, 0.4) is 0 Å². The second-order valence-corrected chi connectivity index (χ2v) is 7.51. The maximum absolute atomic E-state index is 12.9. The summed E-state index contributed by atoms with van der Waals surface area (Å²) in [6.45, 7) is 1.83. The summed E-state index contributed by atoms with van der Waals surface area (Å²) in [4.78, 5) is 24.9. The number of Topliss-reactive ketones (excluding diaryl/α,β-unsaturated/α-hetero) is 1. The summed E-state index contributed by atoms with van der Waals surface area (Å²) in [5.74, 6) is -0.0716. The van der Waals surface area contributed by atoms with Crippen molar-refractivity contribution in [3.63, 3.8) is 0 Å². The number of benzene rings is 1. The molecule has 0 unspecified atom stereocenters. The molecule has 1 aliphatic heterocycles. The zero-order valence-corrected chi connectivity index (χ0v) is 17.0. The first-order valence-corrected chi connectivity index (χ1v) is 9.74. The fraction of sp³-hybridized carbons (Fsp3) is 0.286. The lowest BCUT2D eigenvalue weighted by Gasteiger charge is -2.10. The first-order valence-electron chi connectivity index (χ1n) is 9.74. The number of fused-ring (bicyclic) bond motifs is 1. The van der Waals surface area contributed by atoms with Crippen LogP contribution in [0.4, 0.5) is 24.7 Å². The number of halogens is 3. The van der Waals surface area contributed by atoms with E-state index in [4.69, 9.17) is 16.0 Å². The number of alkyl halides is 3. The molecule has 0 saturated carbocycles. The minimum absolute atomic E-state index is 0.0344. The van der Waals surface area contributed by atoms with Crippen LogP contribution in [0.2, 0.25) is 0 Å². The molecule has 0 amide bonds. The minimum Gasteiger partial charge on any atom is -0.383 e. The Morgan fingerprint density at radius 1 is 1.25 bits per heavy atom. The van der Waals surface area contributed by atoms with Crippen molar-refractivity contribution in [2.24, 2.45) is 10.7 Å². The van der Waals surface area contributed by atoms with Gasteiger partial charge in [0.2, 0.25) is 0 Å². The van der Waals surface area contributed by atoms with Crippen LogP contribution in [-0.2, 0) is 19.1 Å². The summed E-state index contributed by atoms with van der Waals surface area (Å²) in [5.41, 5.74) is 13.2. The van der Waals surface area contributed by atoms with Crippen molar-refractivity contribution in [2.75, 3.05) is 5.73 Å². The van der Waals surface area contributed by atoms with Crippen LogP contribution < -0.4 is 11.5 Å². The monoisotopic (exact) mass is 444 g/mol. The number of ketones is 1. The average Bonchev–Trinajstić information content (AvgIpc) is 3.39. The molecule has 0 radical (unpaired) electrons. The largest absolute Gasteiger partial charge is 0.416 e. The summed E-state index contributed by atoms with van der Waals surface area (Å²) < 4.78 is 44.2. The number of aromatic nitrogens is 3. The number of nitrogen functional groups attached to an aromatic ring is 1. The van der Waals surface area contributed by atoms with E-state index in [1.54, 1.807) is 13.0 Å². The number of carbonyl (C=O) groups excluding carboxylic acids is 1. The van der Waals surface area contributed by atoms with E-state index in [1.807, 2.05) is 0 Å². The van der Waals surface area contributed by atoms with Crippen LogP contribution in [0.1, 0.15) is 57.9 Å². The maximum Gasteiger partial charge on any atom is 0.416 e. The second-order valence-electron chi connectivity index (χ2n) is 7.51. The predicted molar refractivity (Wildman–Crippen MR) is 110 cm³/mol. The van der Waals surface area contributed by atoms with Crippen molar-refractivity contribution in [3.05, 3.63) is 64.4 Å². The van der Waals surface area contributed by atoms with E-state index in [9.17, 15) is 18.0 Å². The normalized spacial score (nSPS) is 14.2. The first kappa shape index (κ1) is 21.6. The van der Waals surface area contributed by atoms with Gasteiger partial charge in [0.25, 0.3) is 0 Å². The van der Waals surface area contributed by atoms with Gasteiger partial charge >= 0.3 is 6.18 Å². The molecule has 1 atom stereocenters. The van der Waals surface area contributed by atoms with Crippen molar-refractivity contribution in [2.45, 2.75) is 38.4 Å². The number of rotatable bonds is 6. The van der Waals surface area contributed by atoms with E-state index >= 15 is 0 Å². The van der Waals surface area contributed by atoms with Gasteiger partial charge in [-0.1, -0.05) is 12.1 Å². The molecule has 3 aromatic rings. The SMILES string of the molecule is C[C@H](CC(=O)c1ncnc(N)c1CN)c1cc(C2=Nc3ccc(C(F)(F)F)cc3C2)on1. The first-order chi connectivity index (χ1) is 15.2. The molecule has 0 aliphatic carbocycles. The molecule has 0 spiro atoms. The fourth-order valence-electron chi connectivity index (χ4n) is 3.52. The highest BCUT2D eigenvalue weighted by molar-refractivity contribution is 6.04. The highest BCUT2D eigenvalue weighted by atomic mass is 19.4. The molecule has 4 rings (SSSR count). The highest BCUT2D eigenvalue weighted by Gasteiger charge is 2.32. The van der Waals surface area contributed by atoms with E-state index in [0.29, 0.717) is 34.0 Å². The predicted octanol–water partition coefficient (Wildman–Crippen LogP) is 3.58. The molecule has 0 fully saturated rings. The van der Waals surface area contributed by atoms with Gasteiger partial charge < -0.3 is 16.0 Å². The number of nitrogens with two attached hydrogens (primary N) is 2. The van der Waals surface area contributed by atoms with E-state index in [-0.39, 0.29) is 42.6 Å². The lowest BCUT2D eigenvalue weighted by atomic mass is 9.97. The van der Waals surface area contributed by atoms with Crippen molar-refractivity contribution in [1.82, 2.24) is 15.1 Å². The van der Waals surface area contributed by atoms with Crippen molar-refractivity contribution >= 4 is 23.0 Å². The van der Waals surface area contributed by atoms with Crippen LogP contribution in [0.15, 0.2) is 40.1 Å². The number of anilines is 1. The zero-order valence-electron chi connectivity index (χ0n) is 17.0. The molecule has 3 heterocycles. The minimum atomic E-state index is -4.42. The van der Waals surface area contributed by atoms with Crippen LogP contribution in [0.5, 0.6) is 0 Å². The fourth-order valence-corrected chi connectivity index (χ4v) is 3.52. The van der Waals surface area contributed by atoms with Crippen LogP contribution in [-0.4, -0.2) is 26.6 Å². The van der Waals surface area contributed by atoms with Crippen LogP contribution in [0, 0.1) is 0 Å². The van der Waals surface area contributed by atoms with E-state index < -0.39 is 11.7 Å². The molecule has 11 heteroatoms. The lowest BCUT2D eigenvalue weighted by Crippen LogP contribution is -2.15. The van der Waals surface area contributed by atoms with Crippen molar-refractivity contribution in [1.29, 1.82) is 0 Å². The molecule has 0 bridgehead atoms. The van der Waals surface area contributed by atoms with Crippen molar-refractivity contribution < 1.29 is 22.5 Å². The second kappa shape index (κ2) is 8.15. The quantitative estimate of drug-likeness (QED) is 0.555. The number of nitrogens with zero attached hydrogens (tertiary/aromatic N) is 4. The Balaban J connectivity index is 1.48. The van der Waals surface area contributed by atoms with Gasteiger partial charge in [-0.2, -0.15) is 13.2 Å². The smallest absolute Gasteiger partial charge is 0.383 e. The van der Waals surface area contributed by atoms with Gasteiger partial charge in [0.1, 0.15) is 17.8 Å². The Kier molecular flexibility index (Phi) is 5.51. The molecule has 4 N–H and O–H groups in total. The van der Waals surface area contributed by atoms with E-state index in [2.05, 4.69) is 20.1 Å². The zero-order chi connectivity index (χ0) is 23.0. The molecule has 166 valence electrons. The Morgan fingerprint density at radius 3 is 2.75 bits per heavy atom. The number of hydrogen-bond donors (Lipinski definition) is 2. The number of hydrogen-bond acceptors (Lipinski definition) is 8. The third-order valence-corrected chi connectivity index (χ3v) is 5.28. The van der Waals surface area contributed by atoms with Crippen molar-refractivity contribution in [3.8, 4) is 0 Å². The molecule has 1 aromatic carbocycles. The third kappa shape index (κ3) is 4.11.